The highest BCUT2D eigenvalue weighted by molar-refractivity contribution is 5.71. The number of hydrogen-bond donors (Lipinski definition) is 0. The predicted octanol–water partition coefficient (Wildman–Crippen LogP) is 5.52. The molecule has 1 heterocycles. The van der Waals surface area contributed by atoms with Crippen molar-refractivity contribution >= 4 is 0 Å². The number of hydrogen-bond acceptors (Lipinski definition) is 2. The molecule has 0 aliphatic heterocycles. The summed E-state index contributed by atoms with van der Waals surface area (Å²) in [6.07, 6.45) is 1.87. The van der Waals surface area contributed by atoms with Crippen molar-refractivity contribution in [3.8, 4) is 34.4 Å². The third-order valence-electron chi connectivity index (χ3n) is 4.28. The molecule has 0 aliphatic carbocycles. The van der Waals surface area contributed by atoms with Crippen LogP contribution >= 0.6 is 0 Å². The fourth-order valence-corrected chi connectivity index (χ4v) is 2.80. The topological polar surface area (TPSA) is 25.8 Å². The smallest absolute Gasteiger partial charge is 0.160 e. The van der Waals surface area contributed by atoms with Crippen LogP contribution in [0.5, 0.6) is 0 Å². The van der Waals surface area contributed by atoms with E-state index in [1.54, 1.807) is 0 Å². The molecular weight excluding hydrogens is 328 g/mol. The maximum absolute atomic E-state index is 4.77. The minimum atomic E-state index is 0.684. The second kappa shape index (κ2) is 7.68. The Hall–Kier alpha value is -3.70. The molecule has 2 nitrogen and oxygen atoms in total. The highest BCUT2D eigenvalue weighted by Crippen LogP contribution is 2.24. The molecule has 128 valence electrons. The molecule has 0 N–H and O–H groups in total. The lowest BCUT2D eigenvalue weighted by atomic mass is 10.0. The first-order valence-electron chi connectivity index (χ1n) is 8.86. The Morgan fingerprint density at radius 1 is 0.667 bits per heavy atom. The molecule has 0 saturated carbocycles. The van der Waals surface area contributed by atoms with Crippen molar-refractivity contribution < 1.29 is 0 Å². The van der Waals surface area contributed by atoms with Gasteiger partial charge in [-0.2, -0.15) is 0 Å². The molecule has 0 atom stereocenters. The minimum absolute atomic E-state index is 0.684. The molecule has 4 aromatic rings. The number of rotatable bonds is 2. The van der Waals surface area contributed by atoms with Crippen molar-refractivity contribution in [1.82, 2.24) is 9.97 Å². The Labute approximate surface area is 159 Å². The maximum atomic E-state index is 4.77. The summed E-state index contributed by atoms with van der Waals surface area (Å²) >= 11 is 0. The molecule has 1 aromatic heterocycles. The molecule has 0 saturated heterocycles. The third kappa shape index (κ3) is 3.94. The quantitative estimate of drug-likeness (QED) is 0.447. The summed E-state index contributed by atoms with van der Waals surface area (Å²) in [5.74, 6) is 7.16. The van der Waals surface area contributed by atoms with Crippen LogP contribution in [0.3, 0.4) is 0 Å². The van der Waals surface area contributed by atoms with E-state index in [0.717, 1.165) is 27.9 Å². The Morgan fingerprint density at radius 3 is 2.04 bits per heavy atom. The summed E-state index contributed by atoms with van der Waals surface area (Å²) in [7, 11) is 0. The average molecular weight is 346 g/mol. The van der Waals surface area contributed by atoms with Gasteiger partial charge in [0.25, 0.3) is 0 Å². The highest BCUT2D eigenvalue weighted by Gasteiger charge is 2.09. The molecule has 0 fully saturated rings. The zero-order valence-electron chi connectivity index (χ0n) is 15.1. The molecule has 0 aliphatic rings. The van der Waals surface area contributed by atoms with Gasteiger partial charge in [0, 0.05) is 22.9 Å². The number of aryl methyl sites for hydroxylation is 1. The number of aromatic nitrogens is 2. The van der Waals surface area contributed by atoms with E-state index in [0.29, 0.717) is 5.82 Å². The van der Waals surface area contributed by atoms with Crippen LogP contribution in [-0.2, 0) is 0 Å². The van der Waals surface area contributed by atoms with Crippen molar-refractivity contribution in [1.29, 1.82) is 0 Å². The first-order chi connectivity index (χ1) is 13.3. The average Bonchev–Trinajstić information content (AvgIpc) is 2.74. The molecule has 3 aromatic carbocycles. The van der Waals surface area contributed by atoms with E-state index < -0.39 is 0 Å². The van der Waals surface area contributed by atoms with Crippen molar-refractivity contribution in [2.24, 2.45) is 0 Å². The van der Waals surface area contributed by atoms with Gasteiger partial charge in [0.1, 0.15) is 5.69 Å². The normalized spacial score (nSPS) is 10.1. The van der Waals surface area contributed by atoms with Gasteiger partial charge < -0.3 is 0 Å². The number of benzene rings is 3. The lowest BCUT2D eigenvalue weighted by Gasteiger charge is -2.07. The first-order valence-corrected chi connectivity index (χ1v) is 8.86. The third-order valence-corrected chi connectivity index (χ3v) is 4.28. The monoisotopic (exact) mass is 346 g/mol. The summed E-state index contributed by atoms with van der Waals surface area (Å²) in [5, 5.41) is 0. The second-order valence-electron chi connectivity index (χ2n) is 6.30. The van der Waals surface area contributed by atoms with Crippen LogP contribution in [0, 0.1) is 18.8 Å². The molecule has 0 radical (unpaired) electrons. The lowest BCUT2D eigenvalue weighted by molar-refractivity contribution is 1.16. The van der Waals surface area contributed by atoms with Gasteiger partial charge in [-0.1, -0.05) is 84.3 Å². The zero-order chi connectivity index (χ0) is 18.5. The molecule has 4 rings (SSSR count). The van der Waals surface area contributed by atoms with E-state index in [9.17, 15) is 0 Å². The first kappa shape index (κ1) is 16.8. The van der Waals surface area contributed by atoms with Gasteiger partial charge in [-0.3, -0.25) is 0 Å². The van der Waals surface area contributed by atoms with Gasteiger partial charge in [0.15, 0.2) is 5.82 Å². The van der Waals surface area contributed by atoms with Crippen molar-refractivity contribution in [2.75, 3.05) is 0 Å². The van der Waals surface area contributed by atoms with E-state index in [1.807, 2.05) is 66.9 Å². The van der Waals surface area contributed by atoms with Crippen LogP contribution < -0.4 is 0 Å². The standard InChI is InChI=1S/C25H18N2/c1-19-12-15-21(16-13-19)23-18-26-25(22-10-6-3-7-11-22)27-24(23)17-14-20-8-4-2-5-9-20/h2-13,15-16,18H,1H3. The summed E-state index contributed by atoms with van der Waals surface area (Å²) in [5.41, 5.74) is 5.91. The fourth-order valence-electron chi connectivity index (χ4n) is 2.80. The fraction of sp³-hybridized carbons (Fsp3) is 0.0400. The van der Waals surface area contributed by atoms with E-state index in [1.165, 1.54) is 5.56 Å². The Balaban J connectivity index is 1.83. The Kier molecular flexibility index (Phi) is 4.76. The molecule has 2 heteroatoms. The predicted molar refractivity (Wildman–Crippen MR) is 110 cm³/mol. The van der Waals surface area contributed by atoms with Crippen LogP contribution in [0.4, 0.5) is 0 Å². The Morgan fingerprint density at radius 2 is 1.33 bits per heavy atom. The van der Waals surface area contributed by atoms with Gasteiger partial charge in [0.05, 0.1) is 0 Å². The van der Waals surface area contributed by atoms with Crippen LogP contribution in [0.15, 0.2) is 91.1 Å². The number of nitrogens with zero attached hydrogens (tertiary/aromatic N) is 2. The Bertz CT molecular complexity index is 1100. The van der Waals surface area contributed by atoms with E-state index in [-0.39, 0.29) is 0 Å². The van der Waals surface area contributed by atoms with Crippen LogP contribution in [0.1, 0.15) is 16.8 Å². The molecular formula is C25H18N2. The van der Waals surface area contributed by atoms with Gasteiger partial charge in [0.2, 0.25) is 0 Å². The van der Waals surface area contributed by atoms with Crippen LogP contribution in [-0.4, -0.2) is 9.97 Å². The second-order valence-corrected chi connectivity index (χ2v) is 6.30. The van der Waals surface area contributed by atoms with Gasteiger partial charge >= 0.3 is 0 Å². The zero-order valence-corrected chi connectivity index (χ0v) is 15.1. The summed E-state index contributed by atoms with van der Waals surface area (Å²) in [4.78, 5) is 9.36. The SMILES string of the molecule is Cc1ccc(-c2cnc(-c3ccccc3)nc2C#Cc2ccccc2)cc1. The lowest BCUT2D eigenvalue weighted by Crippen LogP contribution is -1.96. The van der Waals surface area contributed by atoms with Crippen molar-refractivity contribution in [2.45, 2.75) is 6.92 Å². The molecule has 27 heavy (non-hydrogen) atoms. The van der Waals surface area contributed by atoms with Gasteiger partial charge in [-0.25, -0.2) is 9.97 Å². The van der Waals surface area contributed by atoms with E-state index in [2.05, 4.69) is 48.0 Å². The van der Waals surface area contributed by atoms with Crippen LogP contribution in [0.2, 0.25) is 0 Å². The highest BCUT2D eigenvalue weighted by atomic mass is 14.9. The molecule has 0 unspecified atom stereocenters. The maximum Gasteiger partial charge on any atom is 0.160 e. The van der Waals surface area contributed by atoms with E-state index in [4.69, 9.17) is 4.98 Å². The summed E-state index contributed by atoms with van der Waals surface area (Å²) in [6, 6.07) is 28.3. The van der Waals surface area contributed by atoms with Gasteiger partial charge in [-0.15, -0.1) is 0 Å². The summed E-state index contributed by atoms with van der Waals surface area (Å²) in [6.45, 7) is 2.08. The van der Waals surface area contributed by atoms with E-state index >= 15 is 0 Å². The van der Waals surface area contributed by atoms with Crippen LogP contribution in [0.25, 0.3) is 22.5 Å². The van der Waals surface area contributed by atoms with Crippen molar-refractivity contribution in [3.63, 3.8) is 0 Å². The van der Waals surface area contributed by atoms with Gasteiger partial charge in [-0.05, 0) is 30.5 Å². The largest absolute Gasteiger partial charge is 0.236 e. The summed E-state index contributed by atoms with van der Waals surface area (Å²) < 4.78 is 0. The molecule has 0 spiro atoms. The van der Waals surface area contributed by atoms with Crippen molar-refractivity contribution in [3.05, 3.63) is 108 Å². The molecule has 0 bridgehead atoms. The minimum Gasteiger partial charge on any atom is -0.236 e. The molecule has 0 amide bonds.